The number of rotatable bonds is 4. The Morgan fingerprint density at radius 1 is 0.926 bits per heavy atom. The minimum Gasteiger partial charge on any atom is -0.497 e. The van der Waals surface area contributed by atoms with E-state index in [1.165, 1.54) is 19.1 Å². The average Bonchev–Trinajstić information content (AvgIpc) is 3.10. The highest BCUT2D eigenvalue weighted by Gasteiger charge is 2.55. The van der Waals surface area contributed by atoms with Crippen molar-refractivity contribution in [1.29, 1.82) is 0 Å². The Balaban J connectivity index is 1.85. The third-order valence-electron chi connectivity index (χ3n) is 5.05. The van der Waals surface area contributed by atoms with Gasteiger partial charge in [0.2, 0.25) is 0 Å². The van der Waals surface area contributed by atoms with Crippen molar-refractivity contribution in [2.75, 3.05) is 35.5 Å². The van der Waals surface area contributed by atoms with Crippen molar-refractivity contribution in [2.24, 2.45) is 0 Å². The summed E-state index contributed by atoms with van der Waals surface area (Å²) in [6, 6.07) is 13.1. The number of urea groups is 1. The summed E-state index contributed by atoms with van der Waals surface area (Å²) in [6.07, 6.45) is 0. The molecule has 4 rings (SSSR count). The minimum absolute atomic E-state index is 0.0545. The van der Waals surface area contributed by atoms with Crippen LogP contribution in [0.25, 0.3) is 0 Å². The minimum atomic E-state index is -3.25. The number of methoxy groups -OCH3 is 2. The van der Waals surface area contributed by atoms with Crippen LogP contribution in [0.5, 0.6) is 11.5 Å². The van der Waals surface area contributed by atoms with Crippen molar-refractivity contribution in [2.45, 2.75) is 12.1 Å². The van der Waals surface area contributed by atoms with Gasteiger partial charge in [0, 0.05) is 11.8 Å². The molecule has 2 heterocycles. The number of fused-ring (bicyclic) bond motifs is 1. The molecule has 8 heteroatoms. The second kappa shape index (κ2) is 6.45. The molecule has 27 heavy (non-hydrogen) atoms. The molecule has 2 aromatic rings. The Kier molecular flexibility index (Phi) is 4.22. The fraction of sp³-hybridized carbons (Fsp3) is 0.316. The Morgan fingerprint density at radius 2 is 1.59 bits per heavy atom. The fourth-order valence-electron chi connectivity index (χ4n) is 3.86. The van der Waals surface area contributed by atoms with Gasteiger partial charge in [-0.3, -0.25) is 9.80 Å². The van der Waals surface area contributed by atoms with Gasteiger partial charge in [-0.2, -0.15) is 0 Å². The lowest BCUT2D eigenvalue weighted by Crippen LogP contribution is -2.38. The van der Waals surface area contributed by atoms with Crippen LogP contribution in [0, 0.1) is 0 Å². The van der Waals surface area contributed by atoms with Crippen molar-refractivity contribution >= 4 is 27.2 Å². The van der Waals surface area contributed by atoms with E-state index in [0.717, 1.165) is 0 Å². The third kappa shape index (κ3) is 2.90. The number of sulfone groups is 1. The zero-order valence-corrected chi connectivity index (χ0v) is 15.8. The normalized spacial score (nSPS) is 23.4. The van der Waals surface area contributed by atoms with Gasteiger partial charge >= 0.3 is 6.03 Å². The molecule has 2 atom stereocenters. The maximum atomic E-state index is 13.4. The highest BCUT2D eigenvalue weighted by molar-refractivity contribution is 7.91. The molecule has 0 N–H and O–H groups in total. The lowest BCUT2D eigenvalue weighted by Gasteiger charge is -2.24. The lowest BCUT2D eigenvalue weighted by molar-refractivity contribution is 0.255. The van der Waals surface area contributed by atoms with Crippen molar-refractivity contribution in [1.82, 2.24) is 0 Å². The van der Waals surface area contributed by atoms with E-state index in [-0.39, 0.29) is 17.5 Å². The van der Waals surface area contributed by atoms with Crippen LogP contribution < -0.4 is 19.3 Å². The first-order valence-electron chi connectivity index (χ1n) is 8.55. The summed E-state index contributed by atoms with van der Waals surface area (Å²) in [5.74, 6) is 0.921. The number of benzene rings is 2. The van der Waals surface area contributed by atoms with Gasteiger partial charge in [-0.25, -0.2) is 13.2 Å². The summed E-state index contributed by atoms with van der Waals surface area (Å²) in [7, 11) is -0.198. The third-order valence-corrected chi connectivity index (χ3v) is 6.75. The van der Waals surface area contributed by atoms with E-state index in [9.17, 15) is 13.2 Å². The number of hydrogen-bond acceptors (Lipinski definition) is 5. The predicted octanol–water partition coefficient (Wildman–Crippen LogP) is 2.32. The fourth-order valence-corrected chi connectivity index (χ4v) is 5.78. The molecule has 2 aliphatic rings. The molecule has 7 nitrogen and oxygen atoms in total. The topological polar surface area (TPSA) is 76.2 Å². The van der Waals surface area contributed by atoms with Crippen LogP contribution in [0.3, 0.4) is 0 Å². The molecule has 0 spiro atoms. The smallest absolute Gasteiger partial charge is 0.329 e. The van der Waals surface area contributed by atoms with E-state index in [1.807, 2.05) is 30.3 Å². The summed E-state index contributed by atoms with van der Waals surface area (Å²) in [5.41, 5.74) is 1.19. The second-order valence-corrected chi connectivity index (χ2v) is 8.76. The van der Waals surface area contributed by atoms with Gasteiger partial charge in [0.15, 0.2) is 9.84 Å². The number of nitrogens with zero attached hydrogens (tertiary/aromatic N) is 2. The number of anilines is 2. The van der Waals surface area contributed by atoms with Gasteiger partial charge in [-0.15, -0.1) is 0 Å². The summed E-state index contributed by atoms with van der Waals surface area (Å²) in [4.78, 5) is 16.5. The van der Waals surface area contributed by atoms with Crippen LogP contribution in [0.4, 0.5) is 16.2 Å². The molecule has 2 fully saturated rings. The molecule has 142 valence electrons. The summed E-state index contributed by atoms with van der Waals surface area (Å²) >= 11 is 0. The van der Waals surface area contributed by atoms with Crippen LogP contribution >= 0.6 is 0 Å². The predicted molar refractivity (Wildman–Crippen MR) is 103 cm³/mol. The Morgan fingerprint density at radius 3 is 2.22 bits per heavy atom. The van der Waals surface area contributed by atoms with Crippen molar-refractivity contribution < 1.29 is 22.7 Å². The van der Waals surface area contributed by atoms with Crippen LogP contribution in [0.15, 0.2) is 48.5 Å². The van der Waals surface area contributed by atoms with Crippen LogP contribution in [-0.2, 0) is 9.84 Å². The highest BCUT2D eigenvalue weighted by atomic mass is 32.2. The maximum absolute atomic E-state index is 13.4. The van der Waals surface area contributed by atoms with Crippen LogP contribution in [0.1, 0.15) is 0 Å². The molecule has 0 aliphatic carbocycles. The van der Waals surface area contributed by atoms with Gasteiger partial charge in [0.25, 0.3) is 0 Å². The maximum Gasteiger partial charge on any atom is 0.329 e. The Bertz CT molecular complexity index is 977. The quantitative estimate of drug-likeness (QED) is 0.752. The second-order valence-electron chi connectivity index (χ2n) is 6.61. The molecular weight excluding hydrogens is 368 g/mol. The van der Waals surface area contributed by atoms with Gasteiger partial charge in [0.1, 0.15) is 11.5 Å². The molecule has 2 aromatic carbocycles. The van der Waals surface area contributed by atoms with Gasteiger partial charge in [-0.05, 0) is 24.3 Å². The Labute approximate surface area is 158 Å². The van der Waals surface area contributed by atoms with Crippen molar-refractivity contribution in [3.63, 3.8) is 0 Å². The van der Waals surface area contributed by atoms with E-state index in [1.54, 1.807) is 23.1 Å². The highest BCUT2D eigenvalue weighted by Crippen LogP contribution is 2.42. The van der Waals surface area contributed by atoms with E-state index >= 15 is 0 Å². The van der Waals surface area contributed by atoms with E-state index < -0.39 is 21.9 Å². The molecule has 0 aromatic heterocycles. The molecule has 0 saturated carbocycles. The molecule has 2 saturated heterocycles. The van der Waals surface area contributed by atoms with Gasteiger partial charge in [-0.1, -0.05) is 18.2 Å². The molecule has 0 bridgehead atoms. The van der Waals surface area contributed by atoms with Crippen LogP contribution in [0.2, 0.25) is 0 Å². The van der Waals surface area contributed by atoms with Crippen LogP contribution in [-0.4, -0.2) is 52.3 Å². The zero-order chi connectivity index (χ0) is 19.2. The molecule has 2 aliphatic heterocycles. The first-order valence-corrected chi connectivity index (χ1v) is 10.4. The number of carbonyl (C=O) groups excluding carboxylic acids is 1. The van der Waals surface area contributed by atoms with E-state index in [2.05, 4.69) is 0 Å². The monoisotopic (exact) mass is 388 g/mol. The summed E-state index contributed by atoms with van der Waals surface area (Å²) in [5, 5.41) is 0. The van der Waals surface area contributed by atoms with Gasteiger partial charge in [0.05, 0.1) is 43.5 Å². The van der Waals surface area contributed by atoms with E-state index in [4.69, 9.17) is 9.47 Å². The lowest BCUT2D eigenvalue weighted by atomic mass is 10.1. The molecule has 0 unspecified atom stereocenters. The first kappa shape index (κ1) is 17.7. The van der Waals surface area contributed by atoms with E-state index in [0.29, 0.717) is 22.9 Å². The molecular formula is C19H20N2O5S. The molecule has 0 radical (unpaired) electrons. The van der Waals surface area contributed by atoms with Crippen molar-refractivity contribution in [3.8, 4) is 11.5 Å². The average molecular weight is 388 g/mol. The largest absolute Gasteiger partial charge is 0.497 e. The Hall–Kier alpha value is -2.74. The number of para-hydroxylation sites is 1. The zero-order valence-electron chi connectivity index (χ0n) is 15.0. The molecule has 2 amide bonds. The number of carbonyl (C=O) groups is 1. The summed E-state index contributed by atoms with van der Waals surface area (Å²) in [6.45, 7) is 0. The number of hydrogen-bond donors (Lipinski definition) is 0. The first-order chi connectivity index (χ1) is 12.9. The SMILES string of the molecule is COc1ccc(OC)c(N2C(=O)N(c3ccccc3)[C@H]3CS(=O)(=O)C[C@@H]32)c1. The van der Waals surface area contributed by atoms with Crippen molar-refractivity contribution in [3.05, 3.63) is 48.5 Å². The standard InChI is InChI=1S/C19H20N2O5S/c1-25-14-8-9-18(26-2)15(10-14)21-17-12-27(23,24)11-16(17)20(19(21)22)13-6-4-3-5-7-13/h3-10,16-17H,11-12H2,1-2H3/t16-,17-/m0/s1. The number of amides is 2. The van der Waals surface area contributed by atoms with Gasteiger partial charge < -0.3 is 9.47 Å². The number of ether oxygens (including phenoxy) is 2. The summed E-state index contributed by atoms with van der Waals surface area (Å²) < 4.78 is 35.4.